The zero-order valence-electron chi connectivity index (χ0n) is 12.4. The van der Waals surface area contributed by atoms with Gasteiger partial charge in [-0.2, -0.15) is 0 Å². The van der Waals surface area contributed by atoms with Crippen LogP contribution in [0.2, 0.25) is 0 Å². The van der Waals surface area contributed by atoms with E-state index < -0.39 is 11.8 Å². The Morgan fingerprint density at radius 1 is 1.04 bits per heavy atom. The van der Waals surface area contributed by atoms with E-state index in [4.69, 9.17) is 0 Å². The lowest BCUT2D eigenvalue weighted by atomic mass is 10.1. The molecule has 3 rings (SSSR count). The Morgan fingerprint density at radius 2 is 1.87 bits per heavy atom. The Kier molecular flexibility index (Phi) is 4.33. The Hall–Kier alpha value is -3.15. The van der Waals surface area contributed by atoms with Gasteiger partial charge < -0.3 is 15.6 Å². The van der Waals surface area contributed by atoms with E-state index in [0.717, 1.165) is 16.5 Å². The van der Waals surface area contributed by atoms with Crippen molar-refractivity contribution in [2.45, 2.75) is 6.42 Å². The number of hydrogen-bond acceptors (Lipinski definition) is 3. The van der Waals surface area contributed by atoms with Crippen LogP contribution in [-0.4, -0.2) is 28.3 Å². The molecule has 3 aromatic rings. The summed E-state index contributed by atoms with van der Waals surface area (Å²) in [6.45, 7) is 0.385. The molecule has 0 saturated heterocycles. The first-order chi connectivity index (χ1) is 11.2. The Morgan fingerprint density at radius 3 is 2.70 bits per heavy atom. The molecule has 6 nitrogen and oxygen atoms in total. The first-order valence-corrected chi connectivity index (χ1v) is 7.29. The predicted octanol–water partition coefficient (Wildman–Crippen LogP) is 1.86. The van der Waals surface area contributed by atoms with Gasteiger partial charge in [0, 0.05) is 29.8 Å². The number of benzene rings is 1. The number of carbonyl (C=O) groups excluding carboxylic acids is 2. The number of para-hydroxylation sites is 1. The van der Waals surface area contributed by atoms with E-state index in [9.17, 15) is 9.59 Å². The van der Waals surface area contributed by atoms with Crippen LogP contribution in [0.1, 0.15) is 5.56 Å². The summed E-state index contributed by atoms with van der Waals surface area (Å²) in [7, 11) is 0. The van der Waals surface area contributed by atoms with Gasteiger partial charge in [0.25, 0.3) is 0 Å². The average Bonchev–Trinajstić information content (AvgIpc) is 2.99. The van der Waals surface area contributed by atoms with Gasteiger partial charge in [0.2, 0.25) is 0 Å². The Labute approximate surface area is 132 Å². The number of aromatic nitrogens is 2. The van der Waals surface area contributed by atoms with Gasteiger partial charge >= 0.3 is 11.8 Å². The largest absolute Gasteiger partial charge is 0.361 e. The summed E-state index contributed by atoms with van der Waals surface area (Å²) in [5.41, 5.74) is 2.16. The van der Waals surface area contributed by atoms with Crippen molar-refractivity contribution < 1.29 is 9.59 Å². The van der Waals surface area contributed by atoms with Gasteiger partial charge in [-0.15, -0.1) is 0 Å². The highest BCUT2D eigenvalue weighted by molar-refractivity contribution is 6.39. The number of carbonyl (C=O) groups is 2. The third-order valence-corrected chi connectivity index (χ3v) is 3.47. The van der Waals surface area contributed by atoms with Gasteiger partial charge in [-0.3, -0.25) is 9.59 Å². The molecule has 0 radical (unpaired) electrons. The van der Waals surface area contributed by atoms with E-state index in [1.165, 1.54) is 0 Å². The van der Waals surface area contributed by atoms with E-state index in [1.807, 2.05) is 30.5 Å². The fraction of sp³-hybridized carbons (Fsp3) is 0.118. The van der Waals surface area contributed by atoms with Crippen LogP contribution < -0.4 is 10.6 Å². The lowest BCUT2D eigenvalue weighted by Gasteiger charge is -2.05. The molecule has 0 saturated carbocycles. The minimum Gasteiger partial charge on any atom is -0.361 e. The van der Waals surface area contributed by atoms with Gasteiger partial charge in [0.1, 0.15) is 5.82 Å². The van der Waals surface area contributed by atoms with Gasteiger partial charge in [-0.25, -0.2) is 4.98 Å². The number of aromatic amines is 1. The van der Waals surface area contributed by atoms with Crippen LogP contribution in [0.3, 0.4) is 0 Å². The van der Waals surface area contributed by atoms with Gasteiger partial charge in [-0.05, 0) is 30.2 Å². The van der Waals surface area contributed by atoms with E-state index in [2.05, 4.69) is 20.6 Å². The molecule has 2 amide bonds. The van der Waals surface area contributed by atoms with Crippen LogP contribution >= 0.6 is 0 Å². The summed E-state index contributed by atoms with van der Waals surface area (Å²) in [4.78, 5) is 30.7. The first kappa shape index (κ1) is 14.8. The number of pyridine rings is 1. The molecule has 0 aliphatic rings. The molecule has 1 aromatic carbocycles. The van der Waals surface area contributed by atoms with Crippen LogP contribution in [0, 0.1) is 0 Å². The highest BCUT2D eigenvalue weighted by Gasteiger charge is 2.13. The molecule has 6 heteroatoms. The summed E-state index contributed by atoms with van der Waals surface area (Å²) < 4.78 is 0. The SMILES string of the molecule is O=C(NCCc1c[nH]c2ccccc12)C(=O)Nc1ccccn1. The molecule has 2 aromatic heterocycles. The lowest BCUT2D eigenvalue weighted by molar-refractivity contribution is -0.136. The maximum absolute atomic E-state index is 11.8. The highest BCUT2D eigenvalue weighted by atomic mass is 16.2. The minimum atomic E-state index is -0.720. The molecule has 0 unspecified atom stereocenters. The summed E-state index contributed by atoms with van der Waals surface area (Å²) in [6.07, 6.45) is 4.11. The molecular weight excluding hydrogens is 292 g/mol. The van der Waals surface area contributed by atoms with E-state index in [-0.39, 0.29) is 0 Å². The fourth-order valence-corrected chi connectivity index (χ4v) is 2.34. The van der Waals surface area contributed by atoms with Gasteiger partial charge in [-0.1, -0.05) is 24.3 Å². The average molecular weight is 308 g/mol. The topological polar surface area (TPSA) is 86.9 Å². The number of H-pyrrole nitrogens is 1. The number of hydrogen-bond donors (Lipinski definition) is 3. The lowest BCUT2D eigenvalue weighted by Crippen LogP contribution is -2.36. The number of rotatable bonds is 4. The van der Waals surface area contributed by atoms with Crippen molar-refractivity contribution in [2.75, 3.05) is 11.9 Å². The number of nitrogens with zero attached hydrogens (tertiary/aromatic N) is 1. The van der Waals surface area contributed by atoms with Crippen molar-refractivity contribution in [3.63, 3.8) is 0 Å². The molecule has 0 aliphatic carbocycles. The number of nitrogens with one attached hydrogen (secondary N) is 3. The van der Waals surface area contributed by atoms with Crippen molar-refractivity contribution in [1.29, 1.82) is 0 Å². The number of amides is 2. The molecule has 3 N–H and O–H groups in total. The Balaban J connectivity index is 1.52. The maximum Gasteiger partial charge on any atom is 0.314 e. The quantitative estimate of drug-likeness (QED) is 0.643. The van der Waals surface area contributed by atoms with Crippen molar-refractivity contribution in [2.24, 2.45) is 0 Å². The molecule has 0 fully saturated rings. The van der Waals surface area contributed by atoms with Gasteiger partial charge in [0.15, 0.2) is 0 Å². The molecular formula is C17H16N4O2. The minimum absolute atomic E-state index is 0.351. The molecule has 0 aliphatic heterocycles. The van der Waals surface area contributed by atoms with Crippen LogP contribution in [0.4, 0.5) is 5.82 Å². The summed E-state index contributed by atoms with van der Waals surface area (Å²) in [5, 5.41) is 6.18. The van der Waals surface area contributed by atoms with E-state index in [0.29, 0.717) is 18.8 Å². The predicted molar refractivity (Wildman–Crippen MR) is 87.9 cm³/mol. The zero-order chi connectivity index (χ0) is 16.1. The summed E-state index contributed by atoms with van der Waals surface area (Å²) >= 11 is 0. The van der Waals surface area contributed by atoms with Crippen LogP contribution in [-0.2, 0) is 16.0 Å². The zero-order valence-corrected chi connectivity index (χ0v) is 12.4. The third kappa shape index (κ3) is 3.55. The highest BCUT2D eigenvalue weighted by Crippen LogP contribution is 2.17. The number of anilines is 1. The van der Waals surface area contributed by atoms with Gasteiger partial charge in [0.05, 0.1) is 0 Å². The standard InChI is InChI=1S/C17H16N4O2/c22-16(17(23)21-15-7-3-4-9-18-15)19-10-8-12-11-20-14-6-2-1-5-13(12)14/h1-7,9,11,20H,8,10H2,(H,19,22)(H,18,21,23). The van der Waals surface area contributed by atoms with Crippen molar-refractivity contribution in [1.82, 2.24) is 15.3 Å². The van der Waals surface area contributed by atoms with Crippen LogP contribution in [0.5, 0.6) is 0 Å². The van der Waals surface area contributed by atoms with Crippen LogP contribution in [0.15, 0.2) is 54.9 Å². The second-order valence-corrected chi connectivity index (χ2v) is 5.03. The fourth-order valence-electron chi connectivity index (χ4n) is 2.34. The van der Waals surface area contributed by atoms with E-state index >= 15 is 0 Å². The van der Waals surface area contributed by atoms with Crippen molar-refractivity contribution in [3.8, 4) is 0 Å². The maximum atomic E-state index is 11.8. The molecule has 0 atom stereocenters. The second kappa shape index (κ2) is 6.74. The van der Waals surface area contributed by atoms with Crippen molar-refractivity contribution >= 4 is 28.5 Å². The molecule has 0 spiro atoms. The molecule has 23 heavy (non-hydrogen) atoms. The molecule has 2 heterocycles. The van der Waals surface area contributed by atoms with Crippen LogP contribution in [0.25, 0.3) is 10.9 Å². The number of fused-ring (bicyclic) bond motifs is 1. The molecule has 116 valence electrons. The summed E-state index contributed by atoms with van der Waals surface area (Å²) in [6, 6.07) is 13.0. The normalized spacial score (nSPS) is 10.4. The van der Waals surface area contributed by atoms with Crippen molar-refractivity contribution in [3.05, 3.63) is 60.4 Å². The smallest absolute Gasteiger partial charge is 0.314 e. The monoisotopic (exact) mass is 308 g/mol. The summed E-state index contributed by atoms with van der Waals surface area (Å²) in [5.74, 6) is -1.04. The molecule has 0 bridgehead atoms. The third-order valence-electron chi connectivity index (χ3n) is 3.47. The Bertz CT molecular complexity index is 827. The van der Waals surface area contributed by atoms with E-state index in [1.54, 1.807) is 24.4 Å². The first-order valence-electron chi connectivity index (χ1n) is 7.29. The second-order valence-electron chi connectivity index (χ2n) is 5.03.